The van der Waals surface area contributed by atoms with Crippen molar-refractivity contribution in [3.8, 4) is 0 Å². The van der Waals surface area contributed by atoms with E-state index in [1.807, 2.05) is 0 Å². The first kappa shape index (κ1) is 37.9. The van der Waals surface area contributed by atoms with Crippen LogP contribution >= 0.6 is 0 Å². The third kappa shape index (κ3) is 9.74. The molecule has 3 rings (SSSR count). The van der Waals surface area contributed by atoms with Gasteiger partial charge in [0.25, 0.3) is 0 Å². The van der Waals surface area contributed by atoms with Gasteiger partial charge in [-0.05, 0) is 110 Å². The lowest BCUT2D eigenvalue weighted by Crippen LogP contribution is -2.24. The van der Waals surface area contributed by atoms with Gasteiger partial charge in [0.1, 0.15) is 0 Å². The summed E-state index contributed by atoms with van der Waals surface area (Å²) < 4.78 is 0. The summed E-state index contributed by atoms with van der Waals surface area (Å²) >= 11 is 0. The largest absolute Gasteiger partial charge is 0.257 e. The topological polar surface area (TPSA) is 38.7 Å². The van der Waals surface area contributed by atoms with Crippen LogP contribution in [0, 0.1) is 6.92 Å². The first-order chi connectivity index (χ1) is 21.0. The number of hydrogen-bond acceptors (Lipinski definition) is 3. The lowest BCUT2D eigenvalue weighted by atomic mass is 9.78. The molecule has 3 nitrogen and oxygen atoms in total. The van der Waals surface area contributed by atoms with E-state index in [0.717, 1.165) is 32.1 Å². The molecule has 0 saturated heterocycles. The average Bonchev–Trinajstić information content (AvgIpc) is 2.96. The molecule has 0 spiro atoms. The molecule has 2 unspecified atom stereocenters. The Bertz CT molecular complexity index is 1460. The van der Waals surface area contributed by atoms with E-state index in [0.29, 0.717) is 17.8 Å². The average molecular weight is 626 g/mol. The van der Waals surface area contributed by atoms with Crippen molar-refractivity contribution in [2.75, 3.05) is 0 Å². The normalized spacial score (nSPS) is 14.5. The van der Waals surface area contributed by atoms with Crippen molar-refractivity contribution in [1.29, 1.82) is 0 Å². The highest BCUT2D eigenvalue weighted by Gasteiger charge is 2.29. The maximum Gasteiger partial charge on any atom is 0.0466 e. The molecule has 0 aliphatic carbocycles. The standard InChI is InChI=1S/C43H67N3/c1-17-32-24-37(41(10,11)12)46-39(25-32)43(15,16)20-18-30(5)33-26-34(28(2)3)44-35(27-33)31(6)19-21-42(13,14)38-23-29(4)22-36(45-38)40(7,8)9/h22-28,30-31H,17-21H2,1-16H3. The van der Waals surface area contributed by atoms with Crippen molar-refractivity contribution in [3.63, 3.8) is 0 Å². The first-order valence-electron chi connectivity index (χ1n) is 18.1. The SMILES string of the molecule is CCc1cc(C(C)(C)C)nc(C(C)(C)CCC(C)c2cc(C(C)C)nc(C(C)CCC(C)(C)c3cc(C)cc(C(C)(C)C)n3)c2)c1. The zero-order valence-electron chi connectivity index (χ0n) is 32.6. The van der Waals surface area contributed by atoms with Gasteiger partial charge in [0.2, 0.25) is 0 Å². The van der Waals surface area contributed by atoms with Gasteiger partial charge in [0.05, 0.1) is 0 Å². The Hall–Kier alpha value is -2.55. The van der Waals surface area contributed by atoms with E-state index in [1.165, 1.54) is 50.9 Å². The zero-order chi connectivity index (χ0) is 34.8. The van der Waals surface area contributed by atoms with Crippen LogP contribution in [0.3, 0.4) is 0 Å². The van der Waals surface area contributed by atoms with E-state index in [9.17, 15) is 0 Å². The van der Waals surface area contributed by atoms with Gasteiger partial charge in [0, 0.05) is 55.8 Å². The minimum absolute atomic E-state index is 0.00569. The van der Waals surface area contributed by atoms with E-state index in [2.05, 4.69) is 147 Å². The second kappa shape index (κ2) is 14.3. The molecule has 0 radical (unpaired) electrons. The summed E-state index contributed by atoms with van der Waals surface area (Å²) in [5.74, 6) is 1.23. The number of pyridine rings is 3. The number of aromatic nitrogens is 3. The molecule has 0 aliphatic rings. The second-order valence-electron chi connectivity index (χ2n) is 18.1. The minimum Gasteiger partial charge on any atom is -0.257 e. The third-order valence-electron chi connectivity index (χ3n) is 10.1. The Balaban J connectivity index is 1.81. The Morgan fingerprint density at radius 3 is 1.48 bits per heavy atom. The Morgan fingerprint density at radius 1 is 0.543 bits per heavy atom. The van der Waals surface area contributed by atoms with Crippen molar-refractivity contribution in [3.05, 3.63) is 87.3 Å². The molecule has 3 aromatic heterocycles. The fraction of sp³-hybridized carbons (Fsp3) is 0.651. The fourth-order valence-corrected chi connectivity index (χ4v) is 6.08. The lowest BCUT2D eigenvalue weighted by molar-refractivity contribution is 0.419. The van der Waals surface area contributed by atoms with Crippen LogP contribution in [-0.4, -0.2) is 15.0 Å². The van der Waals surface area contributed by atoms with Gasteiger partial charge < -0.3 is 0 Å². The monoisotopic (exact) mass is 626 g/mol. The van der Waals surface area contributed by atoms with Crippen molar-refractivity contribution >= 4 is 0 Å². The van der Waals surface area contributed by atoms with E-state index < -0.39 is 0 Å². The van der Waals surface area contributed by atoms with Gasteiger partial charge in [0.15, 0.2) is 0 Å². The van der Waals surface area contributed by atoms with Crippen molar-refractivity contribution in [1.82, 2.24) is 15.0 Å². The van der Waals surface area contributed by atoms with Crippen molar-refractivity contribution in [2.24, 2.45) is 0 Å². The van der Waals surface area contributed by atoms with Crippen LogP contribution in [0.25, 0.3) is 0 Å². The minimum atomic E-state index is -0.00634. The Morgan fingerprint density at radius 2 is 0.978 bits per heavy atom. The number of rotatable bonds is 12. The van der Waals surface area contributed by atoms with E-state index in [-0.39, 0.29) is 21.7 Å². The molecule has 3 aromatic rings. The fourth-order valence-electron chi connectivity index (χ4n) is 6.08. The zero-order valence-corrected chi connectivity index (χ0v) is 32.6. The second-order valence-corrected chi connectivity index (χ2v) is 18.1. The molecule has 0 aliphatic heterocycles. The predicted molar refractivity (Wildman–Crippen MR) is 200 cm³/mol. The maximum atomic E-state index is 5.23. The van der Waals surface area contributed by atoms with Gasteiger partial charge in [-0.3, -0.25) is 15.0 Å². The summed E-state index contributed by atoms with van der Waals surface area (Å²) in [5, 5.41) is 0. The molecule has 0 N–H and O–H groups in total. The summed E-state index contributed by atoms with van der Waals surface area (Å²) in [6, 6.07) is 14.0. The summed E-state index contributed by atoms with van der Waals surface area (Å²) in [5.41, 5.74) is 11.5. The molecule has 0 saturated carbocycles. The highest BCUT2D eigenvalue weighted by atomic mass is 14.8. The molecule has 0 amide bonds. The smallest absolute Gasteiger partial charge is 0.0466 e. The summed E-state index contributed by atoms with van der Waals surface area (Å²) in [4.78, 5) is 15.6. The molecule has 46 heavy (non-hydrogen) atoms. The molecular weight excluding hydrogens is 558 g/mol. The quantitative estimate of drug-likeness (QED) is 0.201. The third-order valence-corrected chi connectivity index (χ3v) is 10.1. The van der Waals surface area contributed by atoms with Crippen LogP contribution in [0.2, 0.25) is 0 Å². The van der Waals surface area contributed by atoms with Gasteiger partial charge in [-0.15, -0.1) is 0 Å². The van der Waals surface area contributed by atoms with Gasteiger partial charge in [-0.1, -0.05) is 104 Å². The summed E-state index contributed by atoms with van der Waals surface area (Å²) in [6.07, 6.45) is 5.40. The maximum absolute atomic E-state index is 5.23. The molecule has 0 bridgehead atoms. The van der Waals surface area contributed by atoms with E-state index in [1.54, 1.807) is 0 Å². The number of aryl methyl sites for hydroxylation is 2. The van der Waals surface area contributed by atoms with Crippen LogP contribution in [-0.2, 0) is 28.1 Å². The van der Waals surface area contributed by atoms with E-state index in [4.69, 9.17) is 15.0 Å². The van der Waals surface area contributed by atoms with Gasteiger partial charge >= 0.3 is 0 Å². The van der Waals surface area contributed by atoms with Crippen LogP contribution in [0.4, 0.5) is 0 Å². The van der Waals surface area contributed by atoms with Gasteiger partial charge in [-0.25, -0.2) is 0 Å². The van der Waals surface area contributed by atoms with Crippen LogP contribution < -0.4 is 0 Å². The lowest BCUT2D eigenvalue weighted by Gasteiger charge is -2.29. The van der Waals surface area contributed by atoms with Crippen molar-refractivity contribution in [2.45, 2.75) is 182 Å². The van der Waals surface area contributed by atoms with Crippen LogP contribution in [0.1, 0.15) is 198 Å². The molecule has 3 heterocycles. The molecule has 0 fully saturated rings. The number of hydrogen-bond donors (Lipinski definition) is 0. The highest BCUT2D eigenvalue weighted by molar-refractivity contribution is 5.32. The first-order valence-corrected chi connectivity index (χ1v) is 18.1. The molecule has 3 heteroatoms. The molecule has 0 aromatic carbocycles. The van der Waals surface area contributed by atoms with E-state index >= 15 is 0 Å². The predicted octanol–water partition coefficient (Wildman–Crippen LogP) is 12.2. The van der Waals surface area contributed by atoms with Gasteiger partial charge in [-0.2, -0.15) is 0 Å². The number of nitrogens with zero attached hydrogens (tertiary/aromatic N) is 3. The Labute approximate surface area is 283 Å². The molecular formula is C43H67N3. The molecule has 2 atom stereocenters. The molecule has 254 valence electrons. The van der Waals surface area contributed by atoms with Crippen LogP contribution in [0.15, 0.2) is 36.4 Å². The summed E-state index contributed by atoms with van der Waals surface area (Å²) in [7, 11) is 0. The van der Waals surface area contributed by atoms with Crippen molar-refractivity contribution < 1.29 is 0 Å². The Kier molecular flexibility index (Phi) is 11.8. The van der Waals surface area contributed by atoms with Crippen LogP contribution in [0.5, 0.6) is 0 Å². The summed E-state index contributed by atoms with van der Waals surface area (Å²) in [6.45, 7) is 36.8. The highest BCUT2D eigenvalue weighted by Crippen LogP contribution is 2.37.